The van der Waals surface area contributed by atoms with E-state index in [1.807, 2.05) is 42.1 Å². The molecule has 1 heterocycles. The molecule has 3 aromatic rings. The van der Waals surface area contributed by atoms with Crippen LogP contribution in [0.1, 0.15) is 21.5 Å². The van der Waals surface area contributed by atoms with Crippen molar-refractivity contribution < 1.29 is 9.69 Å². The molecule has 0 aliphatic heterocycles. The van der Waals surface area contributed by atoms with E-state index in [1.54, 1.807) is 0 Å². The van der Waals surface area contributed by atoms with E-state index in [0.717, 1.165) is 28.6 Å². The summed E-state index contributed by atoms with van der Waals surface area (Å²) in [6, 6.07) is 16.4. The van der Waals surface area contributed by atoms with Crippen LogP contribution < -0.4 is 10.2 Å². The molecular formula is C20H24N3O+. The minimum atomic E-state index is -0.0337. The number of carbonyl (C=O) groups is 1. The Hall–Kier alpha value is -2.59. The first kappa shape index (κ1) is 16.3. The van der Waals surface area contributed by atoms with Gasteiger partial charge < -0.3 is 14.8 Å². The Morgan fingerprint density at radius 1 is 1.04 bits per heavy atom. The summed E-state index contributed by atoms with van der Waals surface area (Å²) in [6.07, 6.45) is 1.89. The van der Waals surface area contributed by atoms with Crippen molar-refractivity contribution in [1.82, 2.24) is 9.88 Å². The third kappa shape index (κ3) is 3.49. The van der Waals surface area contributed by atoms with Crippen molar-refractivity contribution >= 4 is 16.8 Å². The van der Waals surface area contributed by atoms with E-state index in [1.165, 1.54) is 10.5 Å². The molecule has 124 valence electrons. The van der Waals surface area contributed by atoms with E-state index in [0.29, 0.717) is 6.54 Å². The van der Waals surface area contributed by atoms with Crippen molar-refractivity contribution in [2.24, 2.45) is 7.05 Å². The average Bonchev–Trinajstić information content (AvgIpc) is 2.91. The summed E-state index contributed by atoms with van der Waals surface area (Å²) in [7, 11) is 6.24. The predicted molar refractivity (Wildman–Crippen MR) is 97.0 cm³/mol. The molecule has 0 radical (unpaired) electrons. The lowest BCUT2D eigenvalue weighted by atomic mass is 10.1. The molecule has 1 aromatic heterocycles. The van der Waals surface area contributed by atoms with E-state index >= 15 is 0 Å². The van der Waals surface area contributed by atoms with Crippen molar-refractivity contribution in [2.45, 2.75) is 13.1 Å². The van der Waals surface area contributed by atoms with Crippen LogP contribution in [0, 0.1) is 0 Å². The largest absolute Gasteiger partial charge is 0.350 e. The van der Waals surface area contributed by atoms with E-state index < -0.39 is 0 Å². The molecule has 2 N–H and O–H groups in total. The van der Waals surface area contributed by atoms with E-state index in [2.05, 4.69) is 43.7 Å². The van der Waals surface area contributed by atoms with Crippen molar-refractivity contribution in [3.8, 4) is 0 Å². The Balaban J connectivity index is 1.69. The average molecular weight is 322 g/mol. The number of hydrogen-bond donors (Lipinski definition) is 2. The molecule has 0 saturated heterocycles. The lowest BCUT2D eigenvalue weighted by Gasteiger charge is -2.08. The summed E-state index contributed by atoms with van der Waals surface area (Å²) in [6.45, 7) is 1.54. The third-order valence-electron chi connectivity index (χ3n) is 4.18. The lowest BCUT2D eigenvalue weighted by molar-refractivity contribution is -0.872. The number of aromatic nitrogens is 1. The monoisotopic (exact) mass is 322 g/mol. The summed E-state index contributed by atoms with van der Waals surface area (Å²) in [4.78, 5) is 13.9. The zero-order valence-corrected chi connectivity index (χ0v) is 14.5. The molecule has 1 amide bonds. The van der Waals surface area contributed by atoms with Crippen LogP contribution in [-0.2, 0) is 20.1 Å². The van der Waals surface area contributed by atoms with E-state index in [-0.39, 0.29) is 5.91 Å². The van der Waals surface area contributed by atoms with E-state index in [9.17, 15) is 4.79 Å². The third-order valence-corrected chi connectivity index (χ3v) is 4.18. The Bertz CT molecular complexity index is 847. The van der Waals surface area contributed by atoms with Crippen molar-refractivity contribution in [1.29, 1.82) is 0 Å². The SMILES string of the molecule is Cn1cc(C(=O)NCc2ccc(C[NH+](C)C)cc2)c2ccccc21. The van der Waals surface area contributed by atoms with Gasteiger partial charge in [0.05, 0.1) is 19.7 Å². The van der Waals surface area contributed by atoms with Gasteiger partial charge in [0, 0.05) is 36.3 Å². The maximum absolute atomic E-state index is 12.5. The second kappa shape index (κ2) is 6.89. The highest BCUT2D eigenvalue weighted by Crippen LogP contribution is 2.20. The summed E-state index contributed by atoms with van der Waals surface area (Å²) < 4.78 is 1.99. The standard InChI is InChI=1S/C20H23N3O/c1-22(2)13-16-10-8-15(9-11-16)12-21-20(24)18-14-23(3)19-7-5-4-6-17(18)19/h4-11,14H,12-13H2,1-3H3,(H,21,24)/p+1. The molecule has 3 rings (SSSR count). The molecule has 0 unspecified atom stereocenters. The van der Waals surface area contributed by atoms with Crippen LogP contribution in [0.4, 0.5) is 0 Å². The van der Waals surface area contributed by atoms with Crippen molar-refractivity contribution in [3.05, 3.63) is 71.4 Å². The van der Waals surface area contributed by atoms with Gasteiger partial charge in [-0.1, -0.05) is 42.5 Å². The predicted octanol–water partition coefficient (Wildman–Crippen LogP) is 1.75. The normalized spacial score (nSPS) is 11.2. The first-order valence-corrected chi connectivity index (χ1v) is 8.23. The van der Waals surface area contributed by atoms with Crippen LogP contribution in [0.2, 0.25) is 0 Å². The van der Waals surface area contributed by atoms with Gasteiger partial charge in [-0.3, -0.25) is 4.79 Å². The molecule has 0 aliphatic carbocycles. The number of carbonyl (C=O) groups excluding carboxylic acids is 1. The summed E-state index contributed by atoms with van der Waals surface area (Å²) >= 11 is 0. The van der Waals surface area contributed by atoms with Crippen molar-refractivity contribution in [3.63, 3.8) is 0 Å². The first-order valence-electron chi connectivity index (χ1n) is 8.23. The molecule has 0 fully saturated rings. The topological polar surface area (TPSA) is 38.5 Å². The highest BCUT2D eigenvalue weighted by Gasteiger charge is 2.13. The number of hydrogen-bond acceptors (Lipinski definition) is 1. The number of para-hydroxylation sites is 1. The van der Waals surface area contributed by atoms with Crippen molar-refractivity contribution in [2.75, 3.05) is 14.1 Å². The minimum Gasteiger partial charge on any atom is -0.350 e. The molecule has 24 heavy (non-hydrogen) atoms. The fourth-order valence-corrected chi connectivity index (χ4v) is 2.98. The Kier molecular flexibility index (Phi) is 4.67. The molecule has 0 bridgehead atoms. The Morgan fingerprint density at radius 2 is 1.71 bits per heavy atom. The number of amides is 1. The van der Waals surface area contributed by atoms with Crippen LogP contribution in [0.5, 0.6) is 0 Å². The molecule has 4 nitrogen and oxygen atoms in total. The van der Waals surface area contributed by atoms with Crippen LogP contribution in [0.25, 0.3) is 10.9 Å². The maximum atomic E-state index is 12.5. The van der Waals surface area contributed by atoms with Gasteiger partial charge in [0.15, 0.2) is 0 Å². The van der Waals surface area contributed by atoms with Crippen LogP contribution in [0.15, 0.2) is 54.7 Å². The summed E-state index contributed by atoms with van der Waals surface area (Å²) in [5.74, 6) is -0.0337. The lowest BCUT2D eigenvalue weighted by Crippen LogP contribution is -3.04. The first-order chi connectivity index (χ1) is 11.5. The highest BCUT2D eigenvalue weighted by atomic mass is 16.1. The number of benzene rings is 2. The summed E-state index contributed by atoms with van der Waals surface area (Å²) in [5.41, 5.74) is 4.21. The Morgan fingerprint density at radius 3 is 2.42 bits per heavy atom. The number of rotatable bonds is 5. The fraction of sp³-hybridized carbons (Fsp3) is 0.250. The van der Waals surface area contributed by atoms with Gasteiger partial charge in [-0.2, -0.15) is 0 Å². The molecule has 4 heteroatoms. The minimum absolute atomic E-state index is 0.0337. The molecule has 2 aromatic carbocycles. The van der Waals surface area contributed by atoms with Crippen LogP contribution in [0.3, 0.4) is 0 Å². The number of nitrogens with one attached hydrogen (secondary N) is 2. The molecule has 0 saturated carbocycles. The van der Waals surface area contributed by atoms with Gasteiger partial charge in [0.25, 0.3) is 5.91 Å². The van der Waals surface area contributed by atoms with Crippen LogP contribution >= 0.6 is 0 Å². The van der Waals surface area contributed by atoms with Crippen LogP contribution in [-0.4, -0.2) is 24.6 Å². The second-order valence-corrected chi connectivity index (χ2v) is 6.55. The van der Waals surface area contributed by atoms with Gasteiger partial charge in [-0.25, -0.2) is 0 Å². The maximum Gasteiger partial charge on any atom is 0.253 e. The molecule has 0 aliphatic rings. The highest BCUT2D eigenvalue weighted by molar-refractivity contribution is 6.06. The van der Waals surface area contributed by atoms with Gasteiger partial charge in [-0.05, 0) is 11.6 Å². The number of fused-ring (bicyclic) bond motifs is 1. The molecular weight excluding hydrogens is 298 g/mol. The second-order valence-electron chi connectivity index (χ2n) is 6.55. The zero-order chi connectivity index (χ0) is 17.1. The number of aryl methyl sites for hydroxylation is 1. The van der Waals surface area contributed by atoms with Gasteiger partial charge in [-0.15, -0.1) is 0 Å². The fourth-order valence-electron chi connectivity index (χ4n) is 2.98. The van der Waals surface area contributed by atoms with Gasteiger partial charge >= 0.3 is 0 Å². The molecule has 0 spiro atoms. The molecule has 0 atom stereocenters. The smallest absolute Gasteiger partial charge is 0.253 e. The van der Waals surface area contributed by atoms with Gasteiger partial charge in [0.1, 0.15) is 6.54 Å². The number of nitrogens with zero attached hydrogens (tertiary/aromatic N) is 1. The van der Waals surface area contributed by atoms with E-state index in [4.69, 9.17) is 0 Å². The zero-order valence-electron chi connectivity index (χ0n) is 14.5. The van der Waals surface area contributed by atoms with Gasteiger partial charge in [0.2, 0.25) is 0 Å². The number of quaternary nitrogens is 1. The summed E-state index contributed by atoms with van der Waals surface area (Å²) in [5, 5.41) is 4.01. The Labute approximate surface area is 142 Å². The quantitative estimate of drug-likeness (QED) is 0.738.